The Balaban J connectivity index is 1.36. The van der Waals surface area contributed by atoms with Crippen LogP contribution in [0.1, 0.15) is 30.3 Å². The molecular formula is C23H23ClN6O2. The zero-order valence-corrected chi connectivity index (χ0v) is 18.2. The Morgan fingerprint density at radius 3 is 2.91 bits per heavy atom. The summed E-state index contributed by atoms with van der Waals surface area (Å²) in [4.78, 5) is 37.1. The number of H-pyrrole nitrogens is 2. The summed E-state index contributed by atoms with van der Waals surface area (Å²) in [5.74, 6) is 0.815. The number of rotatable bonds is 5. The normalized spacial score (nSPS) is 17.1. The van der Waals surface area contributed by atoms with E-state index in [0.717, 1.165) is 50.0 Å². The molecule has 1 fully saturated rings. The lowest BCUT2D eigenvalue weighted by Gasteiger charge is -2.31. The number of aromatic amines is 2. The number of pyridine rings is 2. The molecule has 2 N–H and O–H groups in total. The number of likely N-dealkylation sites (tertiary alicyclic amines) is 1. The lowest BCUT2D eigenvalue weighted by Crippen LogP contribution is -2.36. The van der Waals surface area contributed by atoms with Gasteiger partial charge in [0.05, 0.1) is 11.2 Å². The molecule has 4 aromatic rings. The smallest absolute Gasteiger partial charge is 0.320 e. The van der Waals surface area contributed by atoms with E-state index in [-0.39, 0.29) is 17.2 Å². The van der Waals surface area contributed by atoms with Crippen LogP contribution in [0.3, 0.4) is 0 Å². The Hall–Kier alpha value is -3.23. The minimum absolute atomic E-state index is 0.138. The van der Waals surface area contributed by atoms with E-state index in [2.05, 4.69) is 25.0 Å². The number of para-hydroxylation sites is 1. The molecule has 8 nitrogen and oxygen atoms in total. The van der Waals surface area contributed by atoms with Gasteiger partial charge in [0.1, 0.15) is 5.82 Å². The third-order valence-electron chi connectivity index (χ3n) is 5.96. The molecule has 0 amide bonds. The van der Waals surface area contributed by atoms with Crippen LogP contribution in [0.4, 0.5) is 0 Å². The Labute approximate surface area is 188 Å². The number of piperidine rings is 1. The zero-order chi connectivity index (χ0) is 22.1. The summed E-state index contributed by atoms with van der Waals surface area (Å²) >= 11 is 6.06. The second-order valence-corrected chi connectivity index (χ2v) is 8.58. The van der Waals surface area contributed by atoms with Crippen molar-refractivity contribution in [1.82, 2.24) is 29.6 Å². The second kappa shape index (κ2) is 8.72. The summed E-state index contributed by atoms with van der Waals surface area (Å²) in [5.41, 5.74) is 1.61. The maximum absolute atomic E-state index is 12.8. The lowest BCUT2D eigenvalue weighted by atomic mass is 9.97. The minimum atomic E-state index is -0.308. The van der Waals surface area contributed by atoms with Crippen molar-refractivity contribution in [3.63, 3.8) is 0 Å². The predicted octanol–water partition coefficient (Wildman–Crippen LogP) is 2.87. The van der Waals surface area contributed by atoms with Gasteiger partial charge < -0.3 is 9.88 Å². The molecule has 0 saturated carbocycles. The first-order valence-corrected chi connectivity index (χ1v) is 11.1. The highest BCUT2D eigenvalue weighted by atomic mass is 35.5. The maximum Gasteiger partial charge on any atom is 0.348 e. The summed E-state index contributed by atoms with van der Waals surface area (Å²) in [6.45, 7) is 2.70. The Bertz CT molecular complexity index is 1370. The van der Waals surface area contributed by atoms with Gasteiger partial charge in [-0.2, -0.15) is 4.68 Å². The minimum Gasteiger partial charge on any atom is -0.320 e. The summed E-state index contributed by atoms with van der Waals surface area (Å²) < 4.78 is 1.35. The number of nitrogens with one attached hydrogen (secondary N) is 2. The van der Waals surface area contributed by atoms with Crippen molar-refractivity contribution in [1.29, 1.82) is 0 Å². The zero-order valence-electron chi connectivity index (χ0n) is 17.4. The molecule has 1 atom stereocenters. The molecule has 0 spiro atoms. The summed E-state index contributed by atoms with van der Waals surface area (Å²) in [6, 6.07) is 12.4. The molecule has 1 saturated heterocycles. The van der Waals surface area contributed by atoms with E-state index in [9.17, 15) is 9.59 Å². The van der Waals surface area contributed by atoms with Crippen molar-refractivity contribution in [2.75, 3.05) is 19.6 Å². The molecule has 9 heteroatoms. The van der Waals surface area contributed by atoms with Crippen molar-refractivity contribution in [3.8, 4) is 5.69 Å². The van der Waals surface area contributed by atoms with E-state index in [4.69, 9.17) is 11.6 Å². The van der Waals surface area contributed by atoms with E-state index >= 15 is 0 Å². The number of hydrogen-bond acceptors (Lipinski definition) is 5. The monoisotopic (exact) mass is 450 g/mol. The van der Waals surface area contributed by atoms with Crippen LogP contribution >= 0.6 is 11.6 Å². The Kier molecular flexibility index (Phi) is 5.63. The van der Waals surface area contributed by atoms with E-state index in [1.54, 1.807) is 24.4 Å². The number of hydrogen-bond donors (Lipinski definition) is 2. The van der Waals surface area contributed by atoms with Gasteiger partial charge in [-0.1, -0.05) is 23.7 Å². The molecule has 1 unspecified atom stereocenters. The fraction of sp³-hybridized carbons (Fsp3) is 0.304. The number of aromatic nitrogens is 5. The fourth-order valence-electron chi connectivity index (χ4n) is 4.37. The fourth-order valence-corrected chi connectivity index (χ4v) is 4.55. The molecule has 0 bridgehead atoms. The maximum atomic E-state index is 12.8. The van der Waals surface area contributed by atoms with Crippen molar-refractivity contribution in [2.45, 2.75) is 25.2 Å². The van der Waals surface area contributed by atoms with Crippen molar-refractivity contribution in [2.24, 2.45) is 0 Å². The second-order valence-electron chi connectivity index (χ2n) is 8.15. The Morgan fingerprint density at radius 1 is 1.12 bits per heavy atom. The van der Waals surface area contributed by atoms with Gasteiger partial charge in [-0.05, 0) is 43.7 Å². The summed E-state index contributed by atoms with van der Waals surface area (Å²) in [7, 11) is 0. The van der Waals surface area contributed by atoms with Gasteiger partial charge in [0.15, 0.2) is 0 Å². The van der Waals surface area contributed by atoms with Crippen LogP contribution < -0.4 is 11.2 Å². The van der Waals surface area contributed by atoms with E-state index in [1.807, 2.05) is 18.2 Å². The SMILES string of the molecule is O=c1ccc2cccc(-n3nc(C4CCCN(CCc5cc(Cl)ccn5)C4)[nH]c3=O)c2[nH]1. The van der Waals surface area contributed by atoms with E-state index in [1.165, 1.54) is 10.7 Å². The molecule has 0 radical (unpaired) electrons. The standard InChI is InChI=1S/C23H23ClN6O2/c24-17-8-10-25-18(13-17)9-12-29-11-2-4-16(14-29)22-27-23(32)30(28-22)19-5-1-3-15-6-7-20(31)26-21(15)19/h1,3,5-8,10,13,16H,2,4,9,11-12,14H2,(H,26,31)(H,27,28,32). The van der Waals surface area contributed by atoms with Crippen molar-refractivity contribution >= 4 is 22.5 Å². The van der Waals surface area contributed by atoms with Gasteiger partial charge >= 0.3 is 5.69 Å². The van der Waals surface area contributed by atoms with Gasteiger partial charge in [-0.25, -0.2) is 4.79 Å². The third kappa shape index (κ3) is 4.24. The van der Waals surface area contributed by atoms with Crippen LogP contribution in [-0.2, 0) is 6.42 Å². The molecule has 3 aromatic heterocycles. The molecule has 4 heterocycles. The lowest BCUT2D eigenvalue weighted by molar-refractivity contribution is 0.206. The van der Waals surface area contributed by atoms with Crippen LogP contribution in [0.15, 0.2) is 58.3 Å². The first-order chi connectivity index (χ1) is 15.6. The quantitative estimate of drug-likeness (QED) is 0.487. The highest BCUT2D eigenvalue weighted by Gasteiger charge is 2.25. The summed E-state index contributed by atoms with van der Waals surface area (Å²) in [6.07, 6.45) is 4.55. The molecular weight excluding hydrogens is 428 g/mol. The van der Waals surface area contributed by atoms with E-state index in [0.29, 0.717) is 22.1 Å². The van der Waals surface area contributed by atoms with Gasteiger partial charge in [-0.3, -0.25) is 14.8 Å². The van der Waals surface area contributed by atoms with E-state index < -0.39 is 0 Å². The molecule has 0 aliphatic carbocycles. The van der Waals surface area contributed by atoms with Crippen LogP contribution in [0, 0.1) is 0 Å². The molecule has 32 heavy (non-hydrogen) atoms. The average molecular weight is 451 g/mol. The number of halogens is 1. The number of fused-ring (bicyclic) bond motifs is 1. The number of nitrogens with zero attached hydrogens (tertiary/aromatic N) is 4. The molecule has 1 aromatic carbocycles. The first-order valence-electron chi connectivity index (χ1n) is 10.7. The van der Waals surface area contributed by atoms with Gasteiger partial charge in [0, 0.05) is 53.8 Å². The van der Waals surface area contributed by atoms with Crippen LogP contribution in [0.5, 0.6) is 0 Å². The van der Waals surface area contributed by atoms with Gasteiger partial charge in [-0.15, -0.1) is 5.10 Å². The van der Waals surface area contributed by atoms with Crippen LogP contribution in [0.25, 0.3) is 16.6 Å². The topological polar surface area (TPSA) is 99.7 Å². The van der Waals surface area contributed by atoms with Gasteiger partial charge in [0.2, 0.25) is 5.56 Å². The van der Waals surface area contributed by atoms with Crippen LogP contribution in [-0.4, -0.2) is 49.3 Å². The van der Waals surface area contributed by atoms with Gasteiger partial charge in [0.25, 0.3) is 0 Å². The predicted molar refractivity (Wildman–Crippen MR) is 124 cm³/mol. The highest BCUT2D eigenvalue weighted by Crippen LogP contribution is 2.25. The molecule has 1 aliphatic rings. The first kappa shape index (κ1) is 20.7. The van der Waals surface area contributed by atoms with Crippen molar-refractivity contribution in [3.05, 3.63) is 86.0 Å². The average Bonchev–Trinajstić information content (AvgIpc) is 3.19. The summed E-state index contributed by atoms with van der Waals surface area (Å²) in [5, 5.41) is 6.16. The molecule has 5 rings (SSSR count). The highest BCUT2D eigenvalue weighted by molar-refractivity contribution is 6.30. The Morgan fingerprint density at radius 2 is 2.03 bits per heavy atom. The van der Waals surface area contributed by atoms with Crippen molar-refractivity contribution < 1.29 is 0 Å². The molecule has 164 valence electrons. The van der Waals surface area contributed by atoms with Crippen LogP contribution in [0.2, 0.25) is 5.02 Å². The number of benzene rings is 1. The third-order valence-corrected chi connectivity index (χ3v) is 6.19. The largest absolute Gasteiger partial charge is 0.348 e. The molecule has 1 aliphatic heterocycles.